The van der Waals surface area contributed by atoms with E-state index >= 15 is 0 Å². The lowest BCUT2D eigenvalue weighted by molar-refractivity contribution is -0.214. The summed E-state index contributed by atoms with van der Waals surface area (Å²) in [6.07, 6.45) is 8.00. The molecule has 0 aliphatic carbocycles. The molecule has 0 saturated carbocycles. The molecule has 2 aliphatic rings. The Kier molecular flexibility index (Phi) is 7.80. The summed E-state index contributed by atoms with van der Waals surface area (Å²) in [6.45, 7) is 12.0. The van der Waals surface area contributed by atoms with E-state index < -0.39 is 5.79 Å². The Labute approximate surface area is 142 Å². The predicted octanol–water partition coefficient (Wildman–Crippen LogP) is 4.17. The van der Waals surface area contributed by atoms with Crippen LogP contribution in [0.3, 0.4) is 0 Å². The third-order valence-corrected chi connectivity index (χ3v) is 5.16. The van der Waals surface area contributed by atoms with Crippen LogP contribution in [0.2, 0.25) is 0 Å². The van der Waals surface area contributed by atoms with E-state index in [0.29, 0.717) is 24.0 Å². The first-order valence-corrected chi connectivity index (χ1v) is 9.56. The van der Waals surface area contributed by atoms with Crippen molar-refractivity contribution in [3.05, 3.63) is 0 Å². The van der Waals surface area contributed by atoms with E-state index in [2.05, 4.69) is 13.8 Å². The van der Waals surface area contributed by atoms with Gasteiger partial charge in [0.2, 0.25) is 0 Å². The van der Waals surface area contributed by atoms with Gasteiger partial charge in [0, 0.05) is 0 Å². The normalized spacial score (nSPS) is 26.1. The molecule has 2 saturated heterocycles. The Morgan fingerprint density at radius 1 is 0.870 bits per heavy atom. The summed E-state index contributed by atoms with van der Waals surface area (Å²) in [5.74, 6) is 0.937. The van der Waals surface area contributed by atoms with Crippen molar-refractivity contribution in [1.82, 2.24) is 0 Å². The van der Waals surface area contributed by atoms with Crippen LogP contribution in [-0.4, -0.2) is 44.4 Å². The summed E-state index contributed by atoms with van der Waals surface area (Å²) in [4.78, 5) is 0. The molecule has 4 nitrogen and oxygen atoms in total. The van der Waals surface area contributed by atoms with Crippen molar-refractivity contribution < 1.29 is 18.9 Å². The highest BCUT2D eigenvalue weighted by atomic mass is 16.7. The van der Waals surface area contributed by atoms with Crippen molar-refractivity contribution in [3.8, 4) is 0 Å². The molecule has 4 unspecified atom stereocenters. The first-order valence-electron chi connectivity index (χ1n) is 9.56. The van der Waals surface area contributed by atoms with Gasteiger partial charge in [-0.05, 0) is 51.4 Å². The van der Waals surface area contributed by atoms with E-state index in [0.717, 1.165) is 39.3 Å². The van der Waals surface area contributed by atoms with Crippen LogP contribution in [0.4, 0.5) is 0 Å². The standard InChI is InChI=1S/C19H36O4/c1-5-15(17-13-20-17)9-7-11-22-19(3,4)23-12-8-10-16(6-2)18-14-21-18/h15-18H,5-14H2,1-4H3. The maximum absolute atomic E-state index is 5.93. The molecule has 0 aromatic carbocycles. The van der Waals surface area contributed by atoms with Gasteiger partial charge in [0.1, 0.15) is 0 Å². The zero-order valence-electron chi connectivity index (χ0n) is 15.5. The lowest BCUT2D eigenvalue weighted by atomic mass is 9.97. The first-order chi connectivity index (χ1) is 11.1. The van der Waals surface area contributed by atoms with Gasteiger partial charge >= 0.3 is 0 Å². The quantitative estimate of drug-likeness (QED) is 0.273. The highest BCUT2D eigenvalue weighted by molar-refractivity contribution is 4.78. The fourth-order valence-corrected chi connectivity index (χ4v) is 3.33. The summed E-state index contributed by atoms with van der Waals surface area (Å²) in [7, 11) is 0. The largest absolute Gasteiger partial charge is 0.373 e. The Bertz CT molecular complexity index is 293. The second-order valence-corrected chi connectivity index (χ2v) is 7.46. The Balaban J connectivity index is 1.49. The summed E-state index contributed by atoms with van der Waals surface area (Å²) in [5.41, 5.74) is 0. The molecule has 136 valence electrons. The van der Waals surface area contributed by atoms with Gasteiger partial charge in [0.05, 0.1) is 38.6 Å². The fraction of sp³-hybridized carbons (Fsp3) is 1.00. The van der Waals surface area contributed by atoms with Crippen molar-refractivity contribution >= 4 is 0 Å². The molecule has 0 aromatic rings. The monoisotopic (exact) mass is 328 g/mol. The van der Waals surface area contributed by atoms with Gasteiger partial charge in [-0.3, -0.25) is 0 Å². The molecule has 0 spiro atoms. The molecule has 4 atom stereocenters. The first kappa shape index (κ1) is 19.2. The molecule has 2 fully saturated rings. The van der Waals surface area contributed by atoms with Crippen LogP contribution in [0.15, 0.2) is 0 Å². The molecule has 2 heterocycles. The molecule has 0 aromatic heterocycles. The van der Waals surface area contributed by atoms with Crippen LogP contribution in [0.1, 0.15) is 66.2 Å². The van der Waals surface area contributed by atoms with Gasteiger partial charge in [0.25, 0.3) is 0 Å². The van der Waals surface area contributed by atoms with Crippen molar-refractivity contribution in [1.29, 1.82) is 0 Å². The molecular weight excluding hydrogens is 292 g/mol. The number of hydrogen-bond donors (Lipinski definition) is 0. The Hall–Kier alpha value is -0.160. The molecule has 0 bridgehead atoms. The lowest BCUT2D eigenvalue weighted by Gasteiger charge is -2.26. The average molecular weight is 328 g/mol. The minimum absolute atomic E-state index is 0.477. The maximum Gasteiger partial charge on any atom is 0.162 e. The lowest BCUT2D eigenvalue weighted by Crippen LogP contribution is -2.29. The molecule has 23 heavy (non-hydrogen) atoms. The van der Waals surface area contributed by atoms with Crippen molar-refractivity contribution in [3.63, 3.8) is 0 Å². The zero-order chi connectivity index (χ0) is 16.7. The smallest absolute Gasteiger partial charge is 0.162 e. The number of epoxide rings is 2. The van der Waals surface area contributed by atoms with E-state index in [1.807, 2.05) is 13.8 Å². The zero-order valence-corrected chi connectivity index (χ0v) is 15.5. The van der Waals surface area contributed by atoms with Crippen LogP contribution in [0.5, 0.6) is 0 Å². The average Bonchev–Trinajstić information content (AvgIpc) is 3.38. The summed E-state index contributed by atoms with van der Waals surface area (Å²) >= 11 is 0. The topological polar surface area (TPSA) is 43.5 Å². The van der Waals surface area contributed by atoms with E-state index in [9.17, 15) is 0 Å². The SMILES string of the molecule is CCC(CCCOC(C)(C)OCCCC(CC)C1CO1)C1CO1. The Morgan fingerprint density at radius 2 is 1.26 bits per heavy atom. The van der Waals surface area contributed by atoms with Crippen molar-refractivity contribution in [2.75, 3.05) is 26.4 Å². The second-order valence-electron chi connectivity index (χ2n) is 7.46. The second kappa shape index (κ2) is 9.36. The summed E-state index contributed by atoms with van der Waals surface area (Å²) in [5, 5.41) is 0. The summed E-state index contributed by atoms with van der Waals surface area (Å²) in [6, 6.07) is 0. The van der Waals surface area contributed by atoms with Gasteiger partial charge in [-0.15, -0.1) is 0 Å². The molecule has 4 heteroatoms. The fourth-order valence-electron chi connectivity index (χ4n) is 3.33. The highest BCUT2D eigenvalue weighted by Gasteiger charge is 2.32. The third-order valence-electron chi connectivity index (χ3n) is 5.16. The van der Waals surface area contributed by atoms with Gasteiger partial charge in [0.15, 0.2) is 5.79 Å². The minimum Gasteiger partial charge on any atom is -0.373 e. The van der Waals surface area contributed by atoms with Crippen LogP contribution in [-0.2, 0) is 18.9 Å². The van der Waals surface area contributed by atoms with Gasteiger partial charge < -0.3 is 18.9 Å². The van der Waals surface area contributed by atoms with E-state index in [4.69, 9.17) is 18.9 Å². The van der Waals surface area contributed by atoms with Crippen LogP contribution in [0, 0.1) is 11.8 Å². The highest BCUT2D eigenvalue weighted by Crippen LogP contribution is 2.28. The van der Waals surface area contributed by atoms with Gasteiger partial charge in [-0.25, -0.2) is 0 Å². The minimum atomic E-state index is -0.477. The van der Waals surface area contributed by atoms with Gasteiger partial charge in [-0.2, -0.15) is 0 Å². The maximum atomic E-state index is 5.93. The predicted molar refractivity (Wildman–Crippen MR) is 91.5 cm³/mol. The number of rotatable bonds is 14. The number of hydrogen-bond acceptors (Lipinski definition) is 4. The van der Waals surface area contributed by atoms with Crippen LogP contribution < -0.4 is 0 Å². The van der Waals surface area contributed by atoms with Crippen LogP contribution in [0.25, 0.3) is 0 Å². The molecular formula is C19H36O4. The molecule has 2 aliphatic heterocycles. The molecule has 0 N–H and O–H groups in total. The van der Waals surface area contributed by atoms with E-state index in [-0.39, 0.29) is 0 Å². The molecule has 2 rings (SSSR count). The summed E-state index contributed by atoms with van der Waals surface area (Å²) < 4.78 is 22.7. The number of ether oxygens (including phenoxy) is 4. The van der Waals surface area contributed by atoms with Crippen LogP contribution >= 0.6 is 0 Å². The van der Waals surface area contributed by atoms with E-state index in [1.165, 1.54) is 25.7 Å². The Morgan fingerprint density at radius 3 is 1.57 bits per heavy atom. The van der Waals surface area contributed by atoms with E-state index in [1.54, 1.807) is 0 Å². The molecule has 0 amide bonds. The third kappa shape index (κ3) is 7.51. The van der Waals surface area contributed by atoms with Crippen molar-refractivity contribution in [2.45, 2.75) is 84.2 Å². The molecule has 0 radical (unpaired) electrons. The van der Waals surface area contributed by atoms with Crippen molar-refractivity contribution in [2.24, 2.45) is 11.8 Å². The van der Waals surface area contributed by atoms with Gasteiger partial charge in [-0.1, -0.05) is 26.7 Å².